The second-order valence-electron chi connectivity index (χ2n) is 17.6. The van der Waals surface area contributed by atoms with Crippen molar-refractivity contribution in [3.63, 3.8) is 0 Å². The summed E-state index contributed by atoms with van der Waals surface area (Å²) in [4.78, 5) is 26.2. The van der Waals surface area contributed by atoms with Gasteiger partial charge in [0.1, 0.15) is 12.7 Å². The van der Waals surface area contributed by atoms with Crippen molar-refractivity contribution >= 4 is 30.5 Å². The molecule has 0 saturated carbocycles. The van der Waals surface area contributed by atoms with Gasteiger partial charge in [-0.2, -0.15) is 0 Å². The minimum Gasteiger partial charge on any atom is -0.462 e. The van der Waals surface area contributed by atoms with Crippen LogP contribution in [0.1, 0.15) is 185 Å². The predicted molar refractivity (Wildman–Crippen MR) is 272 cm³/mol. The number of hydrogen-bond acceptors (Lipinski definition) is 10. The number of carbonyl (C=O) groups excluding carboxylic acids is 2. The number of carbonyl (C=O) groups is 2. The Kier molecular flexibility index (Phi) is 33.9. The zero-order valence-electron chi connectivity index (χ0n) is 40.8. The number of rotatable bonds is 43. The highest BCUT2D eigenvalue weighted by Crippen LogP contribution is 2.51. The maximum absolute atomic E-state index is 13.3. The van der Waals surface area contributed by atoms with E-state index < -0.39 is 18.9 Å². The molecule has 0 radical (unpaired) electrons. The van der Waals surface area contributed by atoms with Crippen LogP contribution in [0.3, 0.4) is 0 Å². The van der Waals surface area contributed by atoms with Crippen molar-refractivity contribution < 1.29 is 42.1 Å². The molecule has 3 unspecified atom stereocenters. The summed E-state index contributed by atoms with van der Waals surface area (Å²) in [6.07, 6.45) is 25.4. The van der Waals surface area contributed by atoms with Crippen molar-refractivity contribution in [2.75, 3.05) is 26.4 Å². The fourth-order valence-electron chi connectivity index (χ4n) is 7.49. The average molecular weight is 953 g/mol. The monoisotopic (exact) mass is 953 g/mol. The highest BCUT2D eigenvalue weighted by Gasteiger charge is 2.28. The van der Waals surface area contributed by atoms with Gasteiger partial charge >= 0.3 is 18.7 Å². The Labute approximate surface area is 405 Å². The lowest BCUT2D eigenvalue weighted by Gasteiger charge is -2.27. The summed E-state index contributed by atoms with van der Waals surface area (Å²) in [5.74, 6) is -0.674. The van der Waals surface area contributed by atoms with Gasteiger partial charge in [0.25, 0.3) is 0 Å². The quantitative estimate of drug-likeness (QED) is 0.0310. The first kappa shape index (κ1) is 57.4. The topological polar surface area (TPSA) is 98.8 Å². The van der Waals surface area contributed by atoms with Gasteiger partial charge in [-0.15, -0.1) is 0 Å². The zero-order chi connectivity index (χ0) is 47.0. The Morgan fingerprint density at radius 3 is 1.30 bits per heavy atom. The first-order valence-corrected chi connectivity index (χ1v) is 28.1. The number of benzene rings is 3. The smallest absolute Gasteiger partial charge is 0.327 e. The van der Waals surface area contributed by atoms with E-state index in [0.29, 0.717) is 19.6 Å². The van der Waals surface area contributed by atoms with Crippen LogP contribution in [0.15, 0.2) is 91.0 Å². The van der Waals surface area contributed by atoms with E-state index in [2.05, 4.69) is 13.8 Å². The van der Waals surface area contributed by atoms with Crippen molar-refractivity contribution in [2.24, 2.45) is 0 Å². The van der Waals surface area contributed by atoms with Crippen LogP contribution in [-0.4, -0.2) is 50.6 Å². The Hall–Kier alpha value is -2.95. The Bertz CT molecular complexity index is 1650. The third-order valence-electron chi connectivity index (χ3n) is 11.5. The van der Waals surface area contributed by atoms with Crippen LogP contribution in [-0.2, 0) is 73.7 Å². The summed E-state index contributed by atoms with van der Waals surface area (Å²) in [5.41, 5.74) is 2.95. The lowest BCUT2D eigenvalue weighted by molar-refractivity contribution is -0.161. The molecule has 0 heterocycles. The maximum Gasteiger partial charge on any atom is 0.327 e. The molecule has 0 spiro atoms. The van der Waals surface area contributed by atoms with Gasteiger partial charge in [0.2, 0.25) is 0 Å². The summed E-state index contributed by atoms with van der Waals surface area (Å²) in [6, 6.07) is 29.5. The first-order valence-electron chi connectivity index (χ1n) is 25.6. The molecule has 11 heteroatoms. The van der Waals surface area contributed by atoms with Crippen molar-refractivity contribution in [1.82, 2.24) is 0 Å². The molecule has 0 amide bonds. The second kappa shape index (κ2) is 39.0. The van der Waals surface area contributed by atoms with Crippen molar-refractivity contribution in [1.29, 1.82) is 0 Å². The SMILES string of the molecule is CCCCCCCCCCCCCC(=O)OCC(COP(=S)(OCc1ccccc1)OCC(COCc1ccccc1)OCc1ccccc1)OC(=O)CCCCCCCCCCCCC. The molecule has 3 atom stereocenters. The lowest BCUT2D eigenvalue weighted by atomic mass is 10.1. The molecule has 0 fully saturated rings. The van der Waals surface area contributed by atoms with Gasteiger partial charge in [-0.25, -0.2) is 0 Å². The van der Waals surface area contributed by atoms with Crippen molar-refractivity contribution in [2.45, 2.75) is 200 Å². The minimum absolute atomic E-state index is 0.0327. The fraction of sp³-hybridized carbons (Fsp3) is 0.636. The van der Waals surface area contributed by atoms with Gasteiger partial charge < -0.3 is 32.5 Å². The van der Waals surface area contributed by atoms with E-state index in [1.165, 1.54) is 103 Å². The number of esters is 2. The van der Waals surface area contributed by atoms with Crippen molar-refractivity contribution in [3.05, 3.63) is 108 Å². The molecule has 3 rings (SSSR count). The Morgan fingerprint density at radius 2 is 0.833 bits per heavy atom. The van der Waals surface area contributed by atoms with E-state index >= 15 is 0 Å². The molecule has 0 saturated heterocycles. The predicted octanol–water partition coefficient (Wildman–Crippen LogP) is 15.1. The van der Waals surface area contributed by atoms with Crippen LogP contribution in [0.4, 0.5) is 0 Å². The molecule has 3 aromatic carbocycles. The van der Waals surface area contributed by atoms with E-state index in [4.69, 9.17) is 44.3 Å². The highest BCUT2D eigenvalue weighted by atomic mass is 32.5. The normalized spacial score (nSPS) is 13.2. The summed E-state index contributed by atoms with van der Waals surface area (Å²) in [6.45, 7) is 1.87. The fourth-order valence-corrected chi connectivity index (χ4v) is 9.24. The molecule has 370 valence electrons. The molecular weight excluding hydrogens is 868 g/mol. The molecule has 0 bridgehead atoms. The van der Waals surface area contributed by atoms with Crippen LogP contribution in [0.25, 0.3) is 0 Å². The lowest BCUT2D eigenvalue weighted by Crippen LogP contribution is -2.30. The van der Waals surface area contributed by atoms with E-state index in [0.717, 1.165) is 55.2 Å². The van der Waals surface area contributed by atoms with Gasteiger partial charge in [0.15, 0.2) is 6.10 Å². The molecule has 3 aromatic rings. The maximum atomic E-state index is 13.3. The largest absolute Gasteiger partial charge is 0.462 e. The van der Waals surface area contributed by atoms with Crippen LogP contribution >= 0.6 is 6.72 Å². The molecule has 0 aromatic heterocycles. The Morgan fingerprint density at radius 1 is 0.439 bits per heavy atom. The second-order valence-corrected chi connectivity index (χ2v) is 20.6. The molecule has 0 N–H and O–H groups in total. The molecule has 9 nitrogen and oxygen atoms in total. The standard InChI is InChI=1S/C55H85O9PS/c1-3-5-7-9-11-13-15-17-19-21-32-40-54(56)60-46-53(64-55(57)41-33-22-20-18-16-14-12-10-8-6-4-2)48-63-65(66,61-44-51-38-30-25-31-39-51)62-47-52(59-43-50-36-28-24-29-37-50)45-58-42-49-34-26-23-27-35-49/h23-31,34-39,52-53H,3-22,32-33,40-48H2,1-2H3. The van der Waals surface area contributed by atoms with E-state index in [1.54, 1.807) is 0 Å². The van der Waals surface area contributed by atoms with Gasteiger partial charge in [0, 0.05) is 12.8 Å². The number of ether oxygens (including phenoxy) is 4. The Balaban J connectivity index is 1.60. The van der Waals surface area contributed by atoms with E-state index in [9.17, 15) is 9.59 Å². The van der Waals surface area contributed by atoms with E-state index in [1.807, 2.05) is 91.0 Å². The molecule has 0 aliphatic rings. The summed E-state index contributed by atoms with van der Waals surface area (Å²) in [7, 11) is 0. The number of hydrogen-bond donors (Lipinski definition) is 0. The van der Waals surface area contributed by atoms with Gasteiger partial charge in [-0.1, -0.05) is 233 Å². The highest BCUT2D eigenvalue weighted by molar-refractivity contribution is 8.07. The molecule has 0 aliphatic heterocycles. The van der Waals surface area contributed by atoms with Crippen LogP contribution in [0, 0.1) is 0 Å². The van der Waals surface area contributed by atoms with E-state index in [-0.39, 0.29) is 51.4 Å². The van der Waals surface area contributed by atoms with Gasteiger partial charge in [-0.05, 0) is 41.3 Å². The van der Waals surface area contributed by atoms with Gasteiger partial charge in [-0.3, -0.25) is 9.59 Å². The zero-order valence-corrected chi connectivity index (χ0v) is 42.5. The van der Waals surface area contributed by atoms with Gasteiger partial charge in [0.05, 0.1) is 39.6 Å². The summed E-state index contributed by atoms with van der Waals surface area (Å²) in [5, 5.41) is 0. The third-order valence-corrected chi connectivity index (χ3v) is 13.8. The summed E-state index contributed by atoms with van der Waals surface area (Å²) >= 11 is 6.04. The first-order chi connectivity index (χ1) is 32.4. The van der Waals surface area contributed by atoms with Crippen LogP contribution in [0.2, 0.25) is 0 Å². The van der Waals surface area contributed by atoms with Crippen molar-refractivity contribution in [3.8, 4) is 0 Å². The van der Waals surface area contributed by atoms with Crippen LogP contribution < -0.4 is 0 Å². The van der Waals surface area contributed by atoms with Crippen LogP contribution in [0.5, 0.6) is 0 Å². The number of unbranched alkanes of at least 4 members (excludes halogenated alkanes) is 20. The molecule has 0 aliphatic carbocycles. The summed E-state index contributed by atoms with van der Waals surface area (Å²) < 4.78 is 43.1. The molecule has 66 heavy (non-hydrogen) atoms. The average Bonchev–Trinajstić information content (AvgIpc) is 3.34. The minimum atomic E-state index is -3.49. The third kappa shape index (κ3) is 30.4. The molecular formula is C55H85O9PS.